The Morgan fingerprint density at radius 2 is 1.68 bits per heavy atom. The van der Waals surface area contributed by atoms with Crippen molar-refractivity contribution in [3.63, 3.8) is 0 Å². The molecule has 1 saturated heterocycles. The summed E-state index contributed by atoms with van der Waals surface area (Å²) in [4.78, 5) is 37.4. The van der Waals surface area contributed by atoms with Gasteiger partial charge in [0.25, 0.3) is 0 Å². The number of amides is 1. The number of rotatable bonds is 3. The second kappa shape index (κ2) is 8.58. The topological polar surface area (TPSA) is 82.1 Å². The van der Waals surface area contributed by atoms with Crippen molar-refractivity contribution in [3.8, 4) is 0 Å². The molecule has 0 aromatic heterocycles. The van der Waals surface area contributed by atoms with E-state index in [1.54, 1.807) is 26.8 Å². The molecule has 0 radical (unpaired) electrons. The Bertz CT molecular complexity index is 758. The number of nitrogens with zero attached hydrogens (tertiary/aromatic N) is 1. The minimum absolute atomic E-state index is 0.0219. The molecule has 1 aliphatic heterocycles. The molecular formula is C20H26FNO6. The largest absolute Gasteiger partial charge is 0.465 e. The van der Waals surface area contributed by atoms with Crippen LogP contribution in [-0.2, 0) is 14.2 Å². The van der Waals surface area contributed by atoms with Crippen LogP contribution in [0.4, 0.5) is 9.18 Å². The molecule has 0 bridgehead atoms. The summed E-state index contributed by atoms with van der Waals surface area (Å²) in [5.41, 5.74) is -0.0171. The molecule has 1 aromatic rings. The van der Waals surface area contributed by atoms with Crippen LogP contribution in [0.25, 0.3) is 0 Å². The van der Waals surface area contributed by atoms with E-state index in [4.69, 9.17) is 9.47 Å². The van der Waals surface area contributed by atoms with Crippen LogP contribution in [0.15, 0.2) is 18.2 Å². The first-order valence-electron chi connectivity index (χ1n) is 9.00. The molecule has 0 spiro atoms. The van der Waals surface area contributed by atoms with Gasteiger partial charge in [0, 0.05) is 12.5 Å². The Balaban J connectivity index is 2.21. The van der Waals surface area contributed by atoms with Gasteiger partial charge in [-0.05, 0) is 44.9 Å². The van der Waals surface area contributed by atoms with Crippen molar-refractivity contribution in [1.82, 2.24) is 4.90 Å². The first-order valence-corrected chi connectivity index (χ1v) is 9.00. The first-order chi connectivity index (χ1) is 13.1. The van der Waals surface area contributed by atoms with Gasteiger partial charge in [-0.3, -0.25) is 0 Å². The summed E-state index contributed by atoms with van der Waals surface area (Å²) in [6, 6.07) is 4.48. The van der Waals surface area contributed by atoms with Crippen LogP contribution in [-0.4, -0.2) is 62.0 Å². The summed E-state index contributed by atoms with van der Waals surface area (Å²) >= 11 is 0. The number of carbonyl (C=O) groups is 3. The third-order valence-electron chi connectivity index (χ3n) is 4.48. The number of likely N-dealkylation sites (tertiary alicyclic amines) is 1. The van der Waals surface area contributed by atoms with E-state index in [0.29, 0.717) is 18.5 Å². The Morgan fingerprint density at radius 3 is 2.21 bits per heavy atom. The Morgan fingerprint density at radius 1 is 1.07 bits per heavy atom. The molecule has 1 heterocycles. The number of benzene rings is 1. The standard InChI is InChI=1S/C20H26FNO6/c1-20(2,3)28-19(25)22-9-8-13(16(21)11-22)12-6-7-14(17(23)26-4)15(10-12)18(24)27-5/h6-7,10,13,16H,8-9,11H2,1-5H3/t13-,16-/m1/s1. The van der Waals surface area contributed by atoms with Crippen molar-refractivity contribution in [1.29, 1.82) is 0 Å². The van der Waals surface area contributed by atoms with Gasteiger partial charge in [0.1, 0.15) is 11.8 Å². The van der Waals surface area contributed by atoms with Crippen LogP contribution in [0.5, 0.6) is 0 Å². The van der Waals surface area contributed by atoms with Crippen LogP contribution < -0.4 is 0 Å². The Labute approximate surface area is 163 Å². The molecule has 1 fully saturated rings. The second-order valence-corrected chi connectivity index (χ2v) is 7.63. The predicted octanol–water partition coefficient (Wildman–Crippen LogP) is 3.32. The van der Waals surface area contributed by atoms with Gasteiger partial charge in [0.05, 0.1) is 31.9 Å². The first kappa shape index (κ1) is 21.7. The zero-order chi connectivity index (χ0) is 21.1. The van der Waals surface area contributed by atoms with Crippen LogP contribution in [0.3, 0.4) is 0 Å². The molecule has 0 unspecified atom stereocenters. The van der Waals surface area contributed by atoms with Crippen molar-refractivity contribution in [2.45, 2.75) is 44.9 Å². The quantitative estimate of drug-likeness (QED) is 0.577. The monoisotopic (exact) mass is 395 g/mol. The maximum atomic E-state index is 14.9. The Hall–Kier alpha value is -2.64. The minimum atomic E-state index is -1.34. The fraction of sp³-hybridized carbons (Fsp3) is 0.550. The molecule has 1 amide bonds. The molecule has 2 atom stereocenters. The number of piperidine rings is 1. The summed E-state index contributed by atoms with van der Waals surface area (Å²) in [5, 5.41) is 0. The van der Waals surface area contributed by atoms with E-state index in [9.17, 15) is 18.8 Å². The average Bonchev–Trinajstić information content (AvgIpc) is 2.64. The van der Waals surface area contributed by atoms with Gasteiger partial charge in [0.15, 0.2) is 0 Å². The zero-order valence-electron chi connectivity index (χ0n) is 16.8. The van der Waals surface area contributed by atoms with Gasteiger partial charge in [-0.15, -0.1) is 0 Å². The molecule has 0 N–H and O–H groups in total. The van der Waals surface area contributed by atoms with E-state index in [1.807, 2.05) is 0 Å². The summed E-state index contributed by atoms with van der Waals surface area (Å²) < 4.78 is 29.6. The maximum Gasteiger partial charge on any atom is 0.410 e. The third-order valence-corrected chi connectivity index (χ3v) is 4.48. The molecule has 7 nitrogen and oxygen atoms in total. The number of methoxy groups -OCH3 is 2. The molecule has 28 heavy (non-hydrogen) atoms. The van der Waals surface area contributed by atoms with Crippen LogP contribution >= 0.6 is 0 Å². The number of hydrogen-bond donors (Lipinski definition) is 0. The highest BCUT2D eigenvalue weighted by molar-refractivity contribution is 6.03. The average molecular weight is 395 g/mol. The molecule has 0 aliphatic carbocycles. The fourth-order valence-corrected chi connectivity index (χ4v) is 3.13. The summed E-state index contributed by atoms with van der Waals surface area (Å²) in [5.74, 6) is -1.90. The fourth-order valence-electron chi connectivity index (χ4n) is 3.13. The van der Waals surface area contributed by atoms with E-state index in [-0.39, 0.29) is 17.7 Å². The lowest BCUT2D eigenvalue weighted by Crippen LogP contribution is -2.46. The van der Waals surface area contributed by atoms with Gasteiger partial charge in [0.2, 0.25) is 0 Å². The van der Waals surface area contributed by atoms with Gasteiger partial charge >= 0.3 is 18.0 Å². The van der Waals surface area contributed by atoms with Crippen molar-refractivity contribution < 1.29 is 33.0 Å². The molecule has 8 heteroatoms. The van der Waals surface area contributed by atoms with E-state index in [2.05, 4.69) is 4.74 Å². The molecule has 154 valence electrons. The van der Waals surface area contributed by atoms with Gasteiger partial charge in [-0.2, -0.15) is 0 Å². The lowest BCUT2D eigenvalue weighted by Gasteiger charge is -2.36. The summed E-state index contributed by atoms with van der Waals surface area (Å²) in [7, 11) is 2.41. The van der Waals surface area contributed by atoms with Gasteiger partial charge in [-0.25, -0.2) is 18.8 Å². The Kier molecular flexibility index (Phi) is 6.64. The molecule has 0 saturated carbocycles. The van der Waals surface area contributed by atoms with Crippen molar-refractivity contribution in [2.75, 3.05) is 27.3 Å². The molecule has 2 rings (SSSR count). The number of ether oxygens (including phenoxy) is 3. The SMILES string of the molecule is COC(=O)c1ccc([C@H]2CCN(C(=O)OC(C)(C)C)C[C@H]2F)cc1C(=O)OC. The van der Waals surface area contributed by atoms with Crippen LogP contribution in [0.1, 0.15) is 59.4 Å². The zero-order valence-corrected chi connectivity index (χ0v) is 16.8. The number of alkyl halides is 1. The van der Waals surface area contributed by atoms with Crippen LogP contribution in [0, 0.1) is 0 Å². The van der Waals surface area contributed by atoms with Gasteiger partial charge in [-0.1, -0.05) is 6.07 Å². The van der Waals surface area contributed by atoms with Crippen molar-refractivity contribution in [2.24, 2.45) is 0 Å². The third kappa shape index (κ3) is 4.99. The number of halogens is 1. The van der Waals surface area contributed by atoms with Crippen molar-refractivity contribution in [3.05, 3.63) is 34.9 Å². The summed E-state index contributed by atoms with van der Waals surface area (Å²) in [6.07, 6.45) is -1.53. The number of hydrogen-bond acceptors (Lipinski definition) is 6. The molecule has 1 aromatic carbocycles. The highest BCUT2D eigenvalue weighted by Crippen LogP contribution is 2.32. The normalized spacial score (nSPS) is 19.7. The molecular weight excluding hydrogens is 369 g/mol. The maximum absolute atomic E-state index is 14.9. The van der Waals surface area contributed by atoms with E-state index in [0.717, 1.165) is 0 Å². The molecule has 1 aliphatic rings. The number of esters is 2. The van der Waals surface area contributed by atoms with Crippen molar-refractivity contribution >= 4 is 18.0 Å². The highest BCUT2D eigenvalue weighted by atomic mass is 19.1. The minimum Gasteiger partial charge on any atom is -0.465 e. The predicted molar refractivity (Wildman–Crippen MR) is 99.2 cm³/mol. The lowest BCUT2D eigenvalue weighted by atomic mass is 9.86. The van der Waals surface area contributed by atoms with E-state index >= 15 is 0 Å². The lowest BCUT2D eigenvalue weighted by molar-refractivity contribution is 0.0111. The van der Waals surface area contributed by atoms with Gasteiger partial charge < -0.3 is 19.1 Å². The van der Waals surface area contributed by atoms with Crippen LogP contribution in [0.2, 0.25) is 0 Å². The second-order valence-electron chi connectivity index (χ2n) is 7.63. The van der Waals surface area contributed by atoms with E-state index < -0.39 is 35.7 Å². The smallest absolute Gasteiger partial charge is 0.410 e. The highest BCUT2D eigenvalue weighted by Gasteiger charge is 2.35. The van der Waals surface area contributed by atoms with E-state index in [1.165, 1.54) is 31.3 Å². The number of carbonyl (C=O) groups excluding carboxylic acids is 3. The summed E-state index contributed by atoms with van der Waals surface area (Å²) in [6.45, 7) is 5.48.